The van der Waals surface area contributed by atoms with Crippen molar-refractivity contribution in [3.05, 3.63) is 60.3 Å². The summed E-state index contributed by atoms with van der Waals surface area (Å²) in [5.41, 5.74) is 3.50. The van der Waals surface area contributed by atoms with Crippen LogP contribution >= 0.6 is 0 Å². The molecule has 0 aliphatic carbocycles. The van der Waals surface area contributed by atoms with E-state index in [1.165, 1.54) is 16.6 Å². The normalized spacial score (nSPS) is 15.2. The second-order valence-corrected chi connectivity index (χ2v) is 8.99. The summed E-state index contributed by atoms with van der Waals surface area (Å²) in [6, 6.07) is 17.3. The molecule has 1 aromatic heterocycles. The third-order valence-corrected chi connectivity index (χ3v) is 5.88. The number of anilines is 1. The second kappa shape index (κ2) is 10.7. The molecule has 1 saturated heterocycles. The Hall–Kier alpha value is -2.79. The number of ether oxygens (including phenoxy) is 2. The van der Waals surface area contributed by atoms with Gasteiger partial charge in [0.2, 0.25) is 0 Å². The van der Waals surface area contributed by atoms with Gasteiger partial charge in [0.1, 0.15) is 0 Å². The fourth-order valence-corrected chi connectivity index (χ4v) is 4.23. The van der Waals surface area contributed by atoms with Gasteiger partial charge in [-0.05, 0) is 55.5 Å². The summed E-state index contributed by atoms with van der Waals surface area (Å²) < 4.78 is 11.8. The van der Waals surface area contributed by atoms with Gasteiger partial charge in [-0.2, -0.15) is 0 Å². The third kappa shape index (κ3) is 5.71. The zero-order valence-corrected chi connectivity index (χ0v) is 19.5. The Morgan fingerprint density at radius 2 is 1.84 bits per heavy atom. The van der Waals surface area contributed by atoms with E-state index in [1.54, 1.807) is 0 Å². The minimum absolute atomic E-state index is 0.489. The lowest BCUT2D eigenvalue weighted by atomic mass is 10.0. The number of fused-ring (bicyclic) bond motifs is 1. The smallest absolute Gasteiger partial charge is 0.161 e. The zero-order valence-electron chi connectivity index (χ0n) is 19.5. The predicted molar refractivity (Wildman–Crippen MR) is 132 cm³/mol. The molecule has 0 radical (unpaired) electrons. The molecule has 1 N–H and O–H groups in total. The average molecular weight is 434 g/mol. The van der Waals surface area contributed by atoms with Crippen LogP contribution in [0.5, 0.6) is 11.5 Å². The fourth-order valence-electron chi connectivity index (χ4n) is 4.23. The number of piperidine rings is 1. The topological polar surface area (TPSA) is 46.6 Å². The monoisotopic (exact) mass is 433 g/mol. The summed E-state index contributed by atoms with van der Waals surface area (Å²) in [6.45, 7) is 10.8. The summed E-state index contributed by atoms with van der Waals surface area (Å²) >= 11 is 0. The van der Waals surface area contributed by atoms with Gasteiger partial charge in [0.25, 0.3) is 0 Å². The summed E-state index contributed by atoms with van der Waals surface area (Å²) in [4.78, 5) is 7.00. The van der Waals surface area contributed by atoms with Crippen molar-refractivity contribution in [1.29, 1.82) is 0 Å². The second-order valence-electron chi connectivity index (χ2n) is 8.99. The lowest BCUT2D eigenvalue weighted by molar-refractivity contribution is 0.210. The van der Waals surface area contributed by atoms with Crippen LogP contribution in [0.3, 0.4) is 0 Å². The zero-order chi connectivity index (χ0) is 22.3. The number of nitrogens with one attached hydrogen (secondary N) is 1. The third-order valence-electron chi connectivity index (χ3n) is 5.88. The van der Waals surface area contributed by atoms with E-state index in [9.17, 15) is 0 Å². The van der Waals surface area contributed by atoms with Crippen molar-refractivity contribution in [2.24, 2.45) is 5.92 Å². The number of likely N-dealkylation sites (tertiary alicyclic amines) is 1. The highest BCUT2D eigenvalue weighted by Crippen LogP contribution is 2.30. The Kier molecular flexibility index (Phi) is 7.48. The van der Waals surface area contributed by atoms with Crippen molar-refractivity contribution in [1.82, 2.24) is 9.88 Å². The molecule has 2 heterocycles. The predicted octanol–water partition coefficient (Wildman–Crippen LogP) is 5.74. The minimum Gasteiger partial charge on any atom is -0.490 e. The number of rotatable bonds is 9. The molecule has 32 heavy (non-hydrogen) atoms. The Morgan fingerprint density at radius 1 is 1.03 bits per heavy atom. The average Bonchev–Trinajstić information content (AvgIpc) is 2.80. The van der Waals surface area contributed by atoms with Crippen LogP contribution < -0.4 is 14.8 Å². The molecular weight excluding hydrogens is 398 g/mol. The van der Waals surface area contributed by atoms with E-state index in [0.29, 0.717) is 25.2 Å². The van der Waals surface area contributed by atoms with Gasteiger partial charge < -0.3 is 14.8 Å². The number of hydrogen-bond acceptors (Lipinski definition) is 5. The van der Waals surface area contributed by atoms with Gasteiger partial charge in [-0.3, -0.25) is 9.88 Å². The van der Waals surface area contributed by atoms with E-state index in [1.807, 2.05) is 19.2 Å². The molecular formula is C27H35N3O2. The molecule has 0 spiro atoms. The molecule has 0 unspecified atom stereocenters. The lowest BCUT2D eigenvalue weighted by Crippen LogP contribution is -2.38. The Morgan fingerprint density at radius 3 is 2.62 bits per heavy atom. The highest BCUT2D eigenvalue weighted by molar-refractivity contribution is 5.90. The van der Waals surface area contributed by atoms with Gasteiger partial charge in [-0.1, -0.05) is 38.1 Å². The molecule has 5 heteroatoms. The van der Waals surface area contributed by atoms with E-state index >= 15 is 0 Å². The van der Waals surface area contributed by atoms with Crippen LogP contribution in [0.4, 0.5) is 5.69 Å². The fraction of sp³-hybridized carbons (Fsp3) is 0.444. The summed E-state index contributed by atoms with van der Waals surface area (Å²) in [5.74, 6) is 2.19. The number of pyridine rings is 1. The summed E-state index contributed by atoms with van der Waals surface area (Å²) in [6.07, 6.45) is 4.15. The highest BCUT2D eigenvalue weighted by atomic mass is 16.5. The van der Waals surface area contributed by atoms with Crippen molar-refractivity contribution in [2.75, 3.05) is 31.6 Å². The number of nitrogens with zero attached hydrogens (tertiary/aromatic N) is 2. The number of para-hydroxylation sites is 1. The molecule has 1 aliphatic rings. The molecule has 5 nitrogen and oxygen atoms in total. The van der Waals surface area contributed by atoms with Gasteiger partial charge in [0.05, 0.1) is 18.7 Å². The molecule has 4 rings (SSSR count). The first-order valence-electron chi connectivity index (χ1n) is 11.8. The maximum absolute atomic E-state index is 5.95. The Bertz CT molecular complexity index is 1010. The Labute approximate surface area is 191 Å². The van der Waals surface area contributed by atoms with Gasteiger partial charge >= 0.3 is 0 Å². The molecule has 3 aromatic rings. The van der Waals surface area contributed by atoms with Crippen LogP contribution in [-0.2, 0) is 6.54 Å². The first kappa shape index (κ1) is 22.4. The van der Waals surface area contributed by atoms with Crippen LogP contribution in [0, 0.1) is 5.92 Å². The summed E-state index contributed by atoms with van der Waals surface area (Å²) in [5, 5.41) is 4.96. The number of benzene rings is 2. The van der Waals surface area contributed by atoms with Crippen LogP contribution in [0.1, 0.15) is 39.2 Å². The number of aromatic nitrogens is 1. The van der Waals surface area contributed by atoms with E-state index in [-0.39, 0.29) is 0 Å². The maximum Gasteiger partial charge on any atom is 0.161 e. The van der Waals surface area contributed by atoms with Crippen LogP contribution in [-0.4, -0.2) is 42.2 Å². The lowest BCUT2D eigenvalue weighted by Gasteiger charge is -2.33. The summed E-state index contributed by atoms with van der Waals surface area (Å²) in [7, 11) is 0. The molecule has 0 saturated carbocycles. The Balaban J connectivity index is 1.34. The van der Waals surface area contributed by atoms with Crippen LogP contribution in [0.2, 0.25) is 0 Å². The van der Waals surface area contributed by atoms with E-state index < -0.39 is 0 Å². The molecule has 0 bridgehead atoms. The molecule has 1 fully saturated rings. The highest BCUT2D eigenvalue weighted by Gasteiger charge is 2.20. The van der Waals surface area contributed by atoms with Crippen molar-refractivity contribution in [3.63, 3.8) is 0 Å². The molecule has 1 aliphatic heterocycles. The van der Waals surface area contributed by atoms with E-state index in [0.717, 1.165) is 49.5 Å². The van der Waals surface area contributed by atoms with Crippen LogP contribution in [0.25, 0.3) is 10.9 Å². The minimum atomic E-state index is 0.489. The van der Waals surface area contributed by atoms with Crippen LogP contribution in [0.15, 0.2) is 54.7 Å². The van der Waals surface area contributed by atoms with Crippen molar-refractivity contribution in [3.8, 4) is 11.5 Å². The van der Waals surface area contributed by atoms with Gasteiger partial charge in [0.15, 0.2) is 11.5 Å². The quantitative estimate of drug-likeness (QED) is 0.466. The standard InChI is InChI=1S/C27H35N3O2/c1-4-31-27-17-21(9-10-26(27)32-19-20(2)3)18-30-15-12-22(13-16-30)29-25-11-14-28-24-8-6-5-7-23(24)25/h5-11,14,17,20,22H,4,12-13,15-16,18-19H2,1-3H3,(H,28,29). The van der Waals surface area contributed by atoms with Crippen molar-refractivity contribution >= 4 is 16.6 Å². The maximum atomic E-state index is 5.95. The van der Waals surface area contributed by atoms with Gasteiger partial charge in [0, 0.05) is 42.9 Å². The SMILES string of the molecule is CCOc1cc(CN2CCC(Nc3ccnc4ccccc34)CC2)ccc1OCC(C)C. The van der Waals surface area contributed by atoms with Crippen molar-refractivity contribution in [2.45, 2.75) is 46.2 Å². The molecule has 0 amide bonds. The first-order valence-corrected chi connectivity index (χ1v) is 11.8. The van der Waals surface area contributed by atoms with E-state index in [2.05, 4.69) is 71.5 Å². The van der Waals surface area contributed by atoms with Gasteiger partial charge in [-0.15, -0.1) is 0 Å². The molecule has 170 valence electrons. The van der Waals surface area contributed by atoms with Crippen molar-refractivity contribution < 1.29 is 9.47 Å². The van der Waals surface area contributed by atoms with E-state index in [4.69, 9.17) is 9.47 Å². The molecule has 0 atom stereocenters. The largest absolute Gasteiger partial charge is 0.490 e. The van der Waals surface area contributed by atoms with Gasteiger partial charge in [-0.25, -0.2) is 0 Å². The molecule has 2 aromatic carbocycles. The first-order chi connectivity index (χ1) is 15.6. The number of hydrogen-bond donors (Lipinski definition) is 1.